The number of anilines is 2. The van der Waals surface area contributed by atoms with Gasteiger partial charge in [-0.05, 0) is 92.0 Å². The third-order valence-electron chi connectivity index (χ3n) is 5.61. The lowest BCUT2D eigenvalue weighted by molar-refractivity contribution is 0.0973. The van der Waals surface area contributed by atoms with Gasteiger partial charge < -0.3 is 10.1 Å². The molecule has 0 heterocycles. The van der Waals surface area contributed by atoms with Crippen LogP contribution < -0.4 is 25.6 Å². The van der Waals surface area contributed by atoms with Crippen molar-refractivity contribution >= 4 is 57.9 Å². The van der Waals surface area contributed by atoms with Gasteiger partial charge >= 0.3 is 0 Å². The number of benzene rings is 3. The number of nitrogens with one attached hydrogen (secondary N) is 3. The standard InChI is InChI=1S/C27H30BN3O4S2/c1-17(2)13-14-35-25-12-6-20(28)16-24(25)26(32)30-27(36)29-21-8-10-23(11-9-21)37(33,34)31-22-7-5-18(3)19(4)15-22/h5-12,15-17,31H,13-14H2,1-4H3,(H2,29,30,32,36). The Morgan fingerprint density at radius 3 is 2.30 bits per heavy atom. The van der Waals surface area contributed by atoms with Gasteiger partial charge in [-0.1, -0.05) is 37.5 Å². The van der Waals surface area contributed by atoms with E-state index in [1.54, 1.807) is 36.4 Å². The van der Waals surface area contributed by atoms with Crippen molar-refractivity contribution in [2.75, 3.05) is 16.6 Å². The summed E-state index contributed by atoms with van der Waals surface area (Å²) in [6.45, 7) is 8.53. The van der Waals surface area contributed by atoms with Crippen LogP contribution in [0.5, 0.6) is 5.75 Å². The lowest BCUT2D eigenvalue weighted by Crippen LogP contribution is -2.34. The van der Waals surface area contributed by atoms with Crippen LogP contribution >= 0.6 is 12.2 Å². The van der Waals surface area contributed by atoms with E-state index in [9.17, 15) is 13.2 Å². The maximum absolute atomic E-state index is 12.9. The Hall–Kier alpha value is -3.37. The van der Waals surface area contributed by atoms with Gasteiger partial charge in [0.05, 0.1) is 17.1 Å². The summed E-state index contributed by atoms with van der Waals surface area (Å²) in [5.41, 5.74) is 3.76. The van der Waals surface area contributed by atoms with E-state index >= 15 is 0 Å². The smallest absolute Gasteiger partial charge is 0.261 e. The fourth-order valence-corrected chi connectivity index (χ4v) is 4.58. The van der Waals surface area contributed by atoms with Crippen LogP contribution in [0.1, 0.15) is 41.8 Å². The molecule has 0 atom stereocenters. The number of rotatable bonds is 9. The van der Waals surface area contributed by atoms with Gasteiger partial charge in [0.25, 0.3) is 15.9 Å². The molecule has 37 heavy (non-hydrogen) atoms. The first-order valence-corrected chi connectivity index (χ1v) is 13.7. The predicted molar refractivity (Wildman–Crippen MR) is 154 cm³/mol. The molecule has 10 heteroatoms. The van der Waals surface area contributed by atoms with Crippen molar-refractivity contribution in [1.29, 1.82) is 0 Å². The molecule has 192 valence electrons. The predicted octanol–water partition coefficient (Wildman–Crippen LogP) is 4.45. The molecule has 3 N–H and O–H groups in total. The molecule has 0 bridgehead atoms. The van der Waals surface area contributed by atoms with Crippen molar-refractivity contribution in [3.63, 3.8) is 0 Å². The number of carbonyl (C=O) groups is 1. The molecule has 0 saturated carbocycles. The zero-order valence-corrected chi connectivity index (χ0v) is 22.9. The van der Waals surface area contributed by atoms with Gasteiger partial charge in [0.2, 0.25) is 0 Å². The van der Waals surface area contributed by atoms with Gasteiger partial charge in [0, 0.05) is 11.4 Å². The van der Waals surface area contributed by atoms with Crippen LogP contribution in [0.25, 0.3) is 0 Å². The van der Waals surface area contributed by atoms with Crippen LogP contribution in [0.3, 0.4) is 0 Å². The second kappa shape index (κ2) is 12.2. The third kappa shape index (κ3) is 8.06. The van der Waals surface area contributed by atoms with E-state index in [0.717, 1.165) is 17.5 Å². The molecule has 0 aliphatic rings. The highest BCUT2D eigenvalue weighted by Gasteiger charge is 2.17. The molecule has 0 spiro atoms. The van der Waals surface area contributed by atoms with Gasteiger partial charge in [0.15, 0.2) is 5.11 Å². The maximum Gasteiger partial charge on any atom is 0.261 e. The fraction of sp³-hybridized carbons (Fsp3) is 0.259. The van der Waals surface area contributed by atoms with Gasteiger partial charge in [0.1, 0.15) is 13.6 Å². The van der Waals surface area contributed by atoms with E-state index in [-0.39, 0.29) is 15.6 Å². The van der Waals surface area contributed by atoms with Crippen molar-refractivity contribution in [2.45, 2.75) is 39.0 Å². The average molecular weight is 536 g/mol. The number of aryl methyl sites for hydroxylation is 2. The quantitative estimate of drug-likeness (QED) is 0.277. The van der Waals surface area contributed by atoms with Crippen LogP contribution in [0.4, 0.5) is 11.4 Å². The minimum Gasteiger partial charge on any atom is -0.493 e. The number of hydrogen-bond donors (Lipinski definition) is 3. The highest BCUT2D eigenvalue weighted by molar-refractivity contribution is 7.92. The minimum atomic E-state index is -3.77. The largest absolute Gasteiger partial charge is 0.493 e. The Morgan fingerprint density at radius 1 is 0.973 bits per heavy atom. The van der Waals surface area contributed by atoms with Crippen molar-refractivity contribution in [2.24, 2.45) is 5.92 Å². The fourth-order valence-electron chi connectivity index (χ4n) is 3.32. The minimum absolute atomic E-state index is 0.0458. The van der Waals surface area contributed by atoms with Gasteiger partial charge in [-0.15, -0.1) is 0 Å². The molecule has 1 amide bonds. The Morgan fingerprint density at radius 2 is 1.65 bits per heavy atom. The van der Waals surface area contributed by atoms with E-state index in [1.807, 2.05) is 19.9 Å². The highest BCUT2D eigenvalue weighted by atomic mass is 32.2. The average Bonchev–Trinajstić information content (AvgIpc) is 2.82. The molecule has 3 aromatic rings. The van der Waals surface area contributed by atoms with Crippen LogP contribution in [0.15, 0.2) is 65.6 Å². The van der Waals surface area contributed by atoms with Crippen molar-refractivity contribution in [1.82, 2.24) is 5.32 Å². The van der Waals surface area contributed by atoms with Gasteiger partial charge in [-0.25, -0.2) is 8.42 Å². The first-order chi connectivity index (χ1) is 17.4. The van der Waals surface area contributed by atoms with Crippen LogP contribution in [-0.2, 0) is 10.0 Å². The molecule has 0 aromatic heterocycles. The summed E-state index contributed by atoms with van der Waals surface area (Å²) >= 11 is 5.28. The number of hydrogen-bond acceptors (Lipinski definition) is 5. The summed E-state index contributed by atoms with van der Waals surface area (Å²) in [7, 11) is 2.10. The molecule has 7 nitrogen and oxygen atoms in total. The molecule has 0 aliphatic carbocycles. The van der Waals surface area contributed by atoms with Crippen molar-refractivity contribution in [3.8, 4) is 5.75 Å². The molecule has 0 fully saturated rings. The number of amides is 1. The molecule has 3 rings (SSSR count). The van der Waals surface area contributed by atoms with Crippen LogP contribution in [-0.4, -0.2) is 33.9 Å². The zero-order valence-electron chi connectivity index (χ0n) is 21.3. The third-order valence-corrected chi connectivity index (χ3v) is 7.21. The Balaban J connectivity index is 1.63. The van der Waals surface area contributed by atoms with E-state index < -0.39 is 15.9 Å². The zero-order chi connectivity index (χ0) is 27.2. The number of ether oxygens (including phenoxy) is 1. The van der Waals surface area contributed by atoms with E-state index in [1.165, 1.54) is 18.2 Å². The highest BCUT2D eigenvalue weighted by Crippen LogP contribution is 2.21. The summed E-state index contributed by atoms with van der Waals surface area (Å²) in [6.07, 6.45) is 0.845. The monoisotopic (exact) mass is 535 g/mol. The van der Waals surface area contributed by atoms with Gasteiger partial charge in [-0.3, -0.25) is 14.8 Å². The Labute approximate surface area is 225 Å². The Bertz CT molecular complexity index is 1390. The first kappa shape index (κ1) is 28.2. The molecule has 0 aliphatic heterocycles. The molecular weight excluding hydrogens is 505 g/mol. The number of carbonyl (C=O) groups excluding carboxylic acids is 1. The second-order valence-corrected chi connectivity index (χ2v) is 11.2. The summed E-state index contributed by atoms with van der Waals surface area (Å²) in [5.74, 6) is 0.411. The molecular formula is C27H30BN3O4S2. The topological polar surface area (TPSA) is 96.5 Å². The molecule has 0 unspecified atom stereocenters. The van der Waals surface area contributed by atoms with Crippen LogP contribution in [0, 0.1) is 19.8 Å². The Kier molecular flexibility index (Phi) is 9.34. The molecule has 0 saturated heterocycles. The summed E-state index contributed by atoms with van der Waals surface area (Å²) in [6, 6.07) is 16.3. The summed E-state index contributed by atoms with van der Waals surface area (Å²) in [4.78, 5) is 12.9. The maximum atomic E-state index is 12.9. The first-order valence-electron chi connectivity index (χ1n) is 11.8. The van der Waals surface area contributed by atoms with Crippen LogP contribution in [0.2, 0.25) is 0 Å². The SMILES string of the molecule is [B]c1ccc(OCCC(C)C)c(C(=O)NC(=S)Nc2ccc(S(=O)(=O)Nc3ccc(C)c(C)c3)cc2)c1. The molecule has 2 radical (unpaired) electrons. The number of thiocarbonyl (C=S) groups is 1. The summed E-state index contributed by atoms with van der Waals surface area (Å²) in [5, 5.41) is 5.55. The van der Waals surface area contributed by atoms with Crippen molar-refractivity contribution in [3.05, 3.63) is 77.4 Å². The van der Waals surface area contributed by atoms with Gasteiger partial charge in [-0.2, -0.15) is 0 Å². The summed E-state index contributed by atoms with van der Waals surface area (Å²) < 4.78 is 33.9. The second-order valence-electron chi connectivity index (χ2n) is 9.12. The lowest BCUT2D eigenvalue weighted by Gasteiger charge is -2.15. The molecule has 3 aromatic carbocycles. The lowest BCUT2D eigenvalue weighted by atomic mass is 9.94. The van der Waals surface area contributed by atoms with E-state index in [4.69, 9.17) is 24.8 Å². The normalized spacial score (nSPS) is 11.2. The van der Waals surface area contributed by atoms with Crippen molar-refractivity contribution < 1.29 is 17.9 Å². The van der Waals surface area contributed by atoms with E-state index in [0.29, 0.717) is 35.1 Å². The number of sulfonamides is 1. The van der Waals surface area contributed by atoms with E-state index in [2.05, 4.69) is 29.2 Å².